The van der Waals surface area contributed by atoms with Crippen molar-refractivity contribution in [1.82, 2.24) is 9.88 Å². The molecule has 0 unspecified atom stereocenters. The maximum Gasteiger partial charge on any atom is 0.259 e. The molecule has 2 heterocycles. The SMILES string of the molecule is CSC1(/C(N)=N/O)CCN(C(=O)c2c[nH]ccc2=O)CC1. The van der Waals surface area contributed by atoms with Gasteiger partial charge in [-0.1, -0.05) is 5.16 Å². The Balaban J connectivity index is 2.13. The summed E-state index contributed by atoms with van der Waals surface area (Å²) in [7, 11) is 0. The number of carbonyl (C=O) groups is 1. The van der Waals surface area contributed by atoms with Gasteiger partial charge in [0.15, 0.2) is 11.3 Å². The summed E-state index contributed by atoms with van der Waals surface area (Å²) >= 11 is 1.52. The number of aromatic amines is 1. The summed E-state index contributed by atoms with van der Waals surface area (Å²) in [5.74, 6) is -0.106. The van der Waals surface area contributed by atoms with Gasteiger partial charge in [0.1, 0.15) is 5.56 Å². The molecule has 0 radical (unpaired) electrons. The molecule has 1 aromatic heterocycles. The van der Waals surface area contributed by atoms with Crippen LogP contribution in [0.1, 0.15) is 23.2 Å². The highest BCUT2D eigenvalue weighted by Gasteiger charge is 2.39. The Bertz CT molecular complexity index is 605. The zero-order valence-corrected chi connectivity index (χ0v) is 12.5. The van der Waals surface area contributed by atoms with Crippen molar-refractivity contribution in [2.45, 2.75) is 17.6 Å². The van der Waals surface area contributed by atoms with Crippen LogP contribution < -0.4 is 11.2 Å². The molecule has 1 aliphatic heterocycles. The van der Waals surface area contributed by atoms with E-state index in [2.05, 4.69) is 10.1 Å². The van der Waals surface area contributed by atoms with Crippen molar-refractivity contribution >= 4 is 23.5 Å². The number of nitrogens with two attached hydrogens (primary N) is 1. The Kier molecular flexibility index (Phi) is 4.56. The third-order valence-corrected chi connectivity index (χ3v) is 5.28. The summed E-state index contributed by atoms with van der Waals surface area (Å²) in [6, 6.07) is 1.33. The fourth-order valence-corrected chi connectivity index (χ4v) is 3.32. The Labute approximate surface area is 126 Å². The molecular weight excluding hydrogens is 292 g/mol. The summed E-state index contributed by atoms with van der Waals surface area (Å²) in [6.07, 6.45) is 5.98. The minimum atomic E-state index is -0.450. The minimum absolute atomic E-state index is 0.137. The Hall–Kier alpha value is -1.96. The highest BCUT2D eigenvalue weighted by atomic mass is 32.2. The van der Waals surface area contributed by atoms with E-state index in [0.29, 0.717) is 25.9 Å². The van der Waals surface area contributed by atoms with E-state index in [1.807, 2.05) is 6.26 Å². The fraction of sp³-hybridized carbons (Fsp3) is 0.462. The number of hydrogen-bond donors (Lipinski definition) is 3. The van der Waals surface area contributed by atoms with Crippen molar-refractivity contribution in [2.75, 3.05) is 19.3 Å². The number of oxime groups is 1. The third-order valence-electron chi connectivity index (χ3n) is 3.88. The van der Waals surface area contributed by atoms with Crippen LogP contribution in [0.2, 0.25) is 0 Å². The van der Waals surface area contributed by atoms with Crippen molar-refractivity contribution in [3.63, 3.8) is 0 Å². The highest BCUT2D eigenvalue weighted by molar-refractivity contribution is 8.00. The van der Waals surface area contributed by atoms with E-state index in [1.165, 1.54) is 30.2 Å². The van der Waals surface area contributed by atoms with Crippen LogP contribution in [-0.2, 0) is 0 Å². The molecular formula is C13H18N4O3S. The quantitative estimate of drug-likeness (QED) is 0.325. The Morgan fingerprint density at radius 2 is 2.19 bits per heavy atom. The van der Waals surface area contributed by atoms with Gasteiger partial charge in [-0.2, -0.15) is 11.8 Å². The molecule has 1 aromatic rings. The van der Waals surface area contributed by atoms with Gasteiger partial charge in [-0.3, -0.25) is 9.59 Å². The first-order chi connectivity index (χ1) is 10.0. The second-order valence-electron chi connectivity index (χ2n) is 4.90. The van der Waals surface area contributed by atoms with Crippen LogP contribution in [0.25, 0.3) is 0 Å². The predicted octanol–water partition coefficient (Wildman–Crippen LogP) is 0.459. The molecule has 1 amide bonds. The standard InChI is InChI=1S/C13H18N4O3S/c1-21-13(12(14)16-20)3-6-17(7-4-13)11(19)9-8-15-5-2-10(9)18/h2,5,8,20H,3-4,6-7H2,1H3,(H2,14,16)(H,15,18). The molecule has 0 atom stereocenters. The number of carbonyl (C=O) groups excluding carboxylic acids is 1. The first-order valence-corrected chi connectivity index (χ1v) is 7.76. The number of likely N-dealkylation sites (tertiary alicyclic amines) is 1. The maximum absolute atomic E-state index is 12.3. The summed E-state index contributed by atoms with van der Waals surface area (Å²) in [5, 5.41) is 12.0. The topological polar surface area (TPSA) is 112 Å². The van der Waals surface area contributed by atoms with Crippen molar-refractivity contribution in [3.8, 4) is 0 Å². The lowest BCUT2D eigenvalue weighted by Crippen LogP contribution is -2.51. The van der Waals surface area contributed by atoms with E-state index in [9.17, 15) is 9.59 Å². The van der Waals surface area contributed by atoms with Gasteiger partial charge in [0.25, 0.3) is 5.91 Å². The van der Waals surface area contributed by atoms with Crippen LogP contribution in [0.15, 0.2) is 28.4 Å². The molecule has 1 aliphatic rings. The Morgan fingerprint density at radius 1 is 1.52 bits per heavy atom. The second-order valence-corrected chi connectivity index (χ2v) is 6.09. The summed E-state index contributed by atoms with van der Waals surface area (Å²) < 4.78 is -0.450. The molecule has 21 heavy (non-hydrogen) atoms. The molecule has 7 nitrogen and oxygen atoms in total. The first-order valence-electron chi connectivity index (χ1n) is 6.53. The fourth-order valence-electron chi connectivity index (χ4n) is 2.48. The molecule has 0 saturated carbocycles. The second kappa shape index (κ2) is 6.21. The molecule has 2 rings (SSSR count). The highest BCUT2D eigenvalue weighted by Crippen LogP contribution is 2.35. The van der Waals surface area contributed by atoms with Gasteiger partial charge < -0.3 is 20.8 Å². The van der Waals surface area contributed by atoms with E-state index < -0.39 is 4.75 Å². The van der Waals surface area contributed by atoms with Gasteiger partial charge in [-0.15, -0.1) is 0 Å². The number of H-pyrrole nitrogens is 1. The lowest BCUT2D eigenvalue weighted by atomic mass is 9.94. The van der Waals surface area contributed by atoms with Crippen LogP contribution in [0.4, 0.5) is 0 Å². The molecule has 0 spiro atoms. The van der Waals surface area contributed by atoms with Crippen LogP contribution in [0.3, 0.4) is 0 Å². The van der Waals surface area contributed by atoms with Crippen LogP contribution >= 0.6 is 11.8 Å². The molecule has 8 heteroatoms. The van der Waals surface area contributed by atoms with Crippen molar-refractivity contribution in [3.05, 3.63) is 34.2 Å². The largest absolute Gasteiger partial charge is 0.409 e. The average molecular weight is 310 g/mol. The van der Waals surface area contributed by atoms with Crippen LogP contribution in [-0.4, -0.2) is 50.9 Å². The van der Waals surface area contributed by atoms with Crippen LogP contribution in [0.5, 0.6) is 0 Å². The van der Waals surface area contributed by atoms with E-state index in [4.69, 9.17) is 10.9 Å². The number of nitrogens with zero attached hydrogens (tertiary/aromatic N) is 2. The number of aromatic nitrogens is 1. The van der Waals surface area contributed by atoms with Gasteiger partial charge in [-0.05, 0) is 19.1 Å². The first kappa shape index (κ1) is 15.4. The normalized spacial score (nSPS) is 18.5. The number of piperidine rings is 1. The lowest BCUT2D eigenvalue weighted by molar-refractivity contribution is 0.0716. The predicted molar refractivity (Wildman–Crippen MR) is 81.9 cm³/mol. The lowest BCUT2D eigenvalue weighted by Gasteiger charge is -2.39. The molecule has 0 aliphatic carbocycles. The number of rotatable bonds is 3. The van der Waals surface area contributed by atoms with Crippen LogP contribution in [0, 0.1) is 0 Å². The minimum Gasteiger partial charge on any atom is -0.409 e. The number of pyridine rings is 1. The van der Waals surface area contributed by atoms with E-state index in [0.717, 1.165) is 0 Å². The Morgan fingerprint density at radius 3 is 2.71 bits per heavy atom. The van der Waals surface area contributed by atoms with Crippen molar-refractivity contribution in [2.24, 2.45) is 10.9 Å². The number of thioether (sulfide) groups is 1. The van der Waals surface area contributed by atoms with Gasteiger partial charge in [0, 0.05) is 31.5 Å². The summed E-state index contributed by atoms with van der Waals surface area (Å²) in [5.41, 5.74) is 5.61. The number of amidine groups is 1. The monoisotopic (exact) mass is 310 g/mol. The number of amides is 1. The van der Waals surface area contributed by atoms with Gasteiger partial charge >= 0.3 is 0 Å². The number of nitrogens with one attached hydrogen (secondary N) is 1. The van der Waals surface area contributed by atoms with Crippen molar-refractivity contribution < 1.29 is 10.0 Å². The van der Waals surface area contributed by atoms with Crippen molar-refractivity contribution in [1.29, 1.82) is 0 Å². The number of hydrogen-bond acceptors (Lipinski definition) is 5. The van der Waals surface area contributed by atoms with E-state index >= 15 is 0 Å². The van der Waals surface area contributed by atoms with Gasteiger partial charge in [0.05, 0.1) is 4.75 Å². The smallest absolute Gasteiger partial charge is 0.259 e. The zero-order valence-electron chi connectivity index (χ0n) is 11.7. The summed E-state index contributed by atoms with van der Waals surface area (Å²) in [6.45, 7) is 0.925. The average Bonchev–Trinajstić information content (AvgIpc) is 2.54. The van der Waals surface area contributed by atoms with E-state index in [-0.39, 0.29) is 22.7 Å². The molecule has 0 bridgehead atoms. The maximum atomic E-state index is 12.3. The molecule has 1 saturated heterocycles. The van der Waals surface area contributed by atoms with Gasteiger partial charge in [-0.25, -0.2) is 0 Å². The molecule has 0 aromatic carbocycles. The third kappa shape index (κ3) is 2.90. The van der Waals surface area contributed by atoms with Gasteiger partial charge in [0.2, 0.25) is 0 Å². The molecule has 4 N–H and O–H groups in total. The zero-order chi connectivity index (χ0) is 15.5. The molecule has 114 valence electrons. The molecule has 1 fully saturated rings. The van der Waals surface area contributed by atoms with E-state index in [1.54, 1.807) is 4.90 Å². The summed E-state index contributed by atoms with van der Waals surface area (Å²) in [4.78, 5) is 28.4.